The van der Waals surface area contributed by atoms with Crippen LogP contribution in [-0.2, 0) is 20.1 Å². The topological polar surface area (TPSA) is 64.7 Å². The van der Waals surface area contributed by atoms with Crippen LogP contribution in [0.25, 0.3) is 55.6 Å². The molecule has 0 unspecified atom stereocenters. The fraction of sp³-hybridized carbons (Fsp3) is 0.0588. The molecule has 0 aliphatic carbocycles. The zero-order valence-corrected chi connectivity index (χ0v) is 23.3. The Balaban J connectivity index is 0.000000209. The van der Waals surface area contributed by atoms with Crippen LogP contribution in [0.15, 0.2) is 114 Å². The second-order valence-electron chi connectivity index (χ2n) is 8.60. The SMILES string of the molecule is [2H]C([2H])([2H])c1cc(-c2[c-]ccc3c2oc2c(-c4ccccc4)cccc23)ncn1.[2H]C([2H])([2H])c1cnc(-c2[c-]cccc2)cn1.[Ir]. The molecule has 3 heterocycles. The van der Waals surface area contributed by atoms with Crippen molar-refractivity contribution in [2.24, 2.45) is 0 Å². The van der Waals surface area contributed by atoms with Crippen LogP contribution in [0.2, 0.25) is 0 Å². The quantitative estimate of drug-likeness (QED) is 0.174. The molecule has 0 bridgehead atoms. The van der Waals surface area contributed by atoms with Gasteiger partial charge in [-0.1, -0.05) is 65.5 Å². The molecule has 0 atom stereocenters. The van der Waals surface area contributed by atoms with Crippen molar-refractivity contribution in [2.45, 2.75) is 13.7 Å². The minimum Gasteiger partial charge on any atom is -0.500 e. The maximum Gasteiger partial charge on any atom is 0.128 e. The minimum absolute atomic E-state index is 0. The number of benzene rings is 4. The smallest absolute Gasteiger partial charge is 0.128 e. The van der Waals surface area contributed by atoms with E-state index in [4.69, 9.17) is 12.6 Å². The zero-order valence-electron chi connectivity index (χ0n) is 26.9. The summed E-state index contributed by atoms with van der Waals surface area (Å²) in [4.78, 5) is 16.1. The Morgan fingerprint density at radius 1 is 0.675 bits per heavy atom. The van der Waals surface area contributed by atoms with E-state index in [1.165, 1.54) is 24.8 Å². The Morgan fingerprint density at radius 2 is 1.52 bits per heavy atom. The summed E-state index contributed by atoms with van der Waals surface area (Å²) in [6.45, 7) is -4.51. The Morgan fingerprint density at radius 3 is 2.30 bits per heavy atom. The summed E-state index contributed by atoms with van der Waals surface area (Å²) in [6.07, 6.45) is 4.00. The van der Waals surface area contributed by atoms with Crippen LogP contribution < -0.4 is 0 Å². The van der Waals surface area contributed by atoms with E-state index in [2.05, 4.69) is 32.1 Å². The van der Waals surface area contributed by atoms with Gasteiger partial charge in [-0.25, -0.2) is 4.98 Å². The molecular weight excluding hydrogens is 673 g/mol. The predicted octanol–water partition coefficient (Wildman–Crippen LogP) is 8.07. The van der Waals surface area contributed by atoms with Gasteiger partial charge in [-0.3, -0.25) is 9.97 Å². The second kappa shape index (κ2) is 12.1. The van der Waals surface area contributed by atoms with Gasteiger partial charge in [0, 0.05) is 63.1 Å². The van der Waals surface area contributed by atoms with Crippen LogP contribution in [0.3, 0.4) is 0 Å². The van der Waals surface area contributed by atoms with Crippen LogP contribution >= 0.6 is 0 Å². The number of nitrogens with zero attached hydrogens (tertiary/aromatic N) is 4. The molecule has 1 radical (unpaired) electrons. The Kier molecular flexibility index (Phi) is 6.18. The van der Waals surface area contributed by atoms with Gasteiger partial charge in [0.05, 0.1) is 11.3 Å². The van der Waals surface area contributed by atoms with Crippen molar-refractivity contribution >= 4 is 21.9 Å². The monoisotopic (exact) mass is 703 g/mol. The van der Waals surface area contributed by atoms with Crippen LogP contribution in [0.5, 0.6) is 0 Å². The van der Waals surface area contributed by atoms with E-state index in [9.17, 15) is 0 Å². The van der Waals surface area contributed by atoms with E-state index in [1.54, 1.807) is 12.1 Å². The van der Waals surface area contributed by atoms with E-state index >= 15 is 0 Å². The number of hydrogen-bond donors (Lipinski definition) is 0. The van der Waals surface area contributed by atoms with Crippen molar-refractivity contribution in [1.29, 1.82) is 0 Å². The van der Waals surface area contributed by atoms with E-state index in [-0.39, 0.29) is 31.5 Å². The maximum atomic E-state index is 7.62. The predicted molar refractivity (Wildman–Crippen MR) is 155 cm³/mol. The van der Waals surface area contributed by atoms with Crippen LogP contribution in [0.1, 0.15) is 19.6 Å². The van der Waals surface area contributed by atoms with Crippen molar-refractivity contribution in [3.8, 4) is 33.6 Å². The first-order chi connectivity index (χ1) is 21.6. The average molecular weight is 703 g/mol. The third kappa shape index (κ3) is 5.59. The number of para-hydroxylation sites is 1. The zero-order chi connectivity index (χ0) is 31.6. The molecule has 197 valence electrons. The van der Waals surface area contributed by atoms with Crippen LogP contribution in [-0.4, -0.2) is 19.9 Å². The number of hydrogen-bond acceptors (Lipinski definition) is 5. The van der Waals surface area contributed by atoms with Gasteiger partial charge in [0.15, 0.2) is 0 Å². The number of aromatic nitrogens is 4. The molecule has 0 amide bonds. The summed E-state index contributed by atoms with van der Waals surface area (Å²) in [7, 11) is 0. The summed E-state index contributed by atoms with van der Waals surface area (Å²) in [5.41, 5.74) is 5.97. The minimum atomic E-state index is -2.31. The molecule has 6 heteroatoms. The molecule has 7 rings (SSSR count). The van der Waals surface area contributed by atoms with Gasteiger partial charge in [-0.05, 0) is 25.0 Å². The van der Waals surface area contributed by atoms with Crippen LogP contribution in [0, 0.1) is 25.8 Å². The van der Waals surface area contributed by atoms with Crippen molar-refractivity contribution in [3.63, 3.8) is 0 Å². The molecule has 5 nitrogen and oxygen atoms in total. The molecule has 4 aromatic carbocycles. The van der Waals surface area contributed by atoms with Gasteiger partial charge in [0.25, 0.3) is 0 Å². The van der Waals surface area contributed by atoms with E-state index in [0.29, 0.717) is 22.5 Å². The van der Waals surface area contributed by atoms with Crippen molar-refractivity contribution in [1.82, 2.24) is 19.9 Å². The number of furan rings is 1. The summed E-state index contributed by atoms with van der Waals surface area (Å²) >= 11 is 0. The molecule has 0 N–H and O–H groups in total. The number of fused-ring (bicyclic) bond motifs is 3. The van der Waals surface area contributed by atoms with E-state index in [0.717, 1.165) is 33.0 Å². The molecule has 0 aliphatic heterocycles. The van der Waals surface area contributed by atoms with Gasteiger partial charge in [0.1, 0.15) is 11.9 Å². The molecule has 3 aromatic heterocycles. The van der Waals surface area contributed by atoms with Gasteiger partial charge >= 0.3 is 0 Å². The second-order valence-corrected chi connectivity index (χ2v) is 8.60. The summed E-state index contributed by atoms with van der Waals surface area (Å²) in [6, 6.07) is 34.8. The molecule has 0 spiro atoms. The first-order valence-electron chi connectivity index (χ1n) is 15.1. The summed E-state index contributed by atoms with van der Waals surface area (Å²) in [5.74, 6) is 0. The molecular formula is C34H24IrN4O-2. The summed E-state index contributed by atoms with van der Waals surface area (Å²) < 4.78 is 50.7. The molecule has 0 aliphatic rings. The van der Waals surface area contributed by atoms with Crippen molar-refractivity contribution in [3.05, 3.63) is 133 Å². The molecule has 7 aromatic rings. The first kappa shape index (κ1) is 20.4. The van der Waals surface area contributed by atoms with Gasteiger partial charge in [-0.15, -0.1) is 54.1 Å². The standard InChI is InChI=1S/C23H15N2O.C11H9N2.Ir/c1-15-13-21(25-14-24-15)20-12-6-11-19-18-10-5-9-17(22(18)26-23(19)20)16-7-3-2-4-8-16;1-9-7-13-11(8-12-9)10-5-3-2-4-6-10;/h2-11,13-14H,1H3;2-5,7-8H,1H3;/q2*-1;/i2*1D3;. The Labute approximate surface area is 254 Å². The fourth-order valence-electron chi connectivity index (χ4n) is 4.31. The first-order valence-corrected chi connectivity index (χ1v) is 12.1. The third-order valence-corrected chi connectivity index (χ3v) is 6.10. The van der Waals surface area contributed by atoms with Crippen molar-refractivity contribution in [2.75, 3.05) is 0 Å². The molecule has 0 fully saturated rings. The van der Waals surface area contributed by atoms with Gasteiger partial charge in [-0.2, -0.15) is 0 Å². The van der Waals surface area contributed by atoms with E-state index < -0.39 is 13.7 Å². The van der Waals surface area contributed by atoms with Crippen molar-refractivity contribution < 1.29 is 32.7 Å². The largest absolute Gasteiger partial charge is 0.500 e. The number of rotatable bonds is 3. The van der Waals surface area contributed by atoms with Gasteiger partial charge in [0.2, 0.25) is 0 Å². The summed E-state index contributed by atoms with van der Waals surface area (Å²) in [5, 5.41) is 1.92. The maximum absolute atomic E-state index is 7.62. The normalized spacial score (nSPS) is 13.4. The number of aryl methyl sites for hydroxylation is 2. The fourth-order valence-corrected chi connectivity index (χ4v) is 4.31. The van der Waals surface area contributed by atoms with Crippen LogP contribution in [0.4, 0.5) is 0 Å². The third-order valence-electron chi connectivity index (χ3n) is 6.10. The average Bonchev–Trinajstić information content (AvgIpc) is 3.44. The molecule has 0 saturated carbocycles. The molecule has 0 saturated heterocycles. The molecule has 40 heavy (non-hydrogen) atoms. The Hall–Kier alpha value is -4.51. The van der Waals surface area contributed by atoms with E-state index in [1.807, 2.05) is 72.8 Å². The van der Waals surface area contributed by atoms with Gasteiger partial charge < -0.3 is 9.40 Å². The Bertz CT molecular complexity index is 2080.